The SMILES string of the molecule is CC(N)CCCN1CCC(C(F)(F)F)C1(C)C. The van der Waals surface area contributed by atoms with Crippen molar-refractivity contribution in [3.63, 3.8) is 0 Å². The Labute approximate surface area is 101 Å². The molecule has 0 aromatic carbocycles. The predicted octanol–water partition coefficient (Wildman–Crippen LogP) is 2.78. The van der Waals surface area contributed by atoms with Gasteiger partial charge in [0.2, 0.25) is 0 Å². The standard InChI is InChI=1S/C12H23F3N2/c1-9(16)5-4-7-17-8-6-10(11(17,2)3)12(13,14)15/h9-10H,4-8,16H2,1-3H3. The van der Waals surface area contributed by atoms with Gasteiger partial charge in [0, 0.05) is 11.6 Å². The highest BCUT2D eigenvalue weighted by molar-refractivity contribution is 4.98. The van der Waals surface area contributed by atoms with Crippen molar-refractivity contribution in [1.29, 1.82) is 0 Å². The van der Waals surface area contributed by atoms with Gasteiger partial charge in [0.1, 0.15) is 0 Å². The van der Waals surface area contributed by atoms with Crippen LogP contribution in [0.5, 0.6) is 0 Å². The molecule has 1 saturated heterocycles. The van der Waals surface area contributed by atoms with E-state index < -0.39 is 17.6 Å². The summed E-state index contributed by atoms with van der Waals surface area (Å²) in [6, 6.07) is 0.124. The summed E-state index contributed by atoms with van der Waals surface area (Å²) in [6.45, 7) is 6.57. The Balaban J connectivity index is 2.54. The van der Waals surface area contributed by atoms with Crippen molar-refractivity contribution in [2.45, 2.75) is 57.8 Å². The van der Waals surface area contributed by atoms with Crippen LogP contribution < -0.4 is 5.73 Å². The molecule has 2 N–H and O–H groups in total. The fraction of sp³-hybridized carbons (Fsp3) is 1.00. The molecule has 0 aliphatic carbocycles. The third kappa shape index (κ3) is 3.58. The van der Waals surface area contributed by atoms with Crippen LogP contribution >= 0.6 is 0 Å². The van der Waals surface area contributed by atoms with Crippen molar-refractivity contribution >= 4 is 0 Å². The largest absolute Gasteiger partial charge is 0.393 e. The first-order chi connectivity index (χ1) is 7.65. The Morgan fingerprint density at radius 1 is 1.41 bits per heavy atom. The molecule has 0 aromatic heterocycles. The lowest BCUT2D eigenvalue weighted by molar-refractivity contribution is -0.191. The molecule has 2 nitrogen and oxygen atoms in total. The fourth-order valence-corrected chi connectivity index (χ4v) is 2.71. The van der Waals surface area contributed by atoms with E-state index in [1.165, 1.54) is 0 Å². The number of nitrogens with zero attached hydrogens (tertiary/aromatic N) is 1. The van der Waals surface area contributed by atoms with Gasteiger partial charge in [-0.25, -0.2) is 0 Å². The van der Waals surface area contributed by atoms with Crippen LogP contribution in [0.3, 0.4) is 0 Å². The number of hydrogen-bond donors (Lipinski definition) is 1. The van der Waals surface area contributed by atoms with Crippen molar-refractivity contribution in [2.75, 3.05) is 13.1 Å². The van der Waals surface area contributed by atoms with Gasteiger partial charge >= 0.3 is 6.18 Å². The van der Waals surface area contributed by atoms with Gasteiger partial charge in [0.05, 0.1) is 5.92 Å². The lowest BCUT2D eigenvalue weighted by Gasteiger charge is -2.37. The molecule has 17 heavy (non-hydrogen) atoms. The van der Waals surface area contributed by atoms with E-state index in [-0.39, 0.29) is 12.5 Å². The average molecular weight is 252 g/mol. The number of nitrogens with two attached hydrogens (primary N) is 1. The molecule has 1 aliphatic heterocycles. The summed E-state index contributed by atoms with van der Waals surface area (Å²) < 4.78 is 38.5. The minimum absolute atomic E-state index is 0.124. The molecule has 1 fully saturated rings. The molecule has 1 heterocycles. The van der Waals surface area contributed by atoms with E-state index in [1.807, 2.05) is 11.8 Å². The number of hydrogen-bond acceptors (Lipinski definition) is 2. The molecule has 1 aliphatic rings. The van der Waals surface area contributed by atoms with E-state index in [0.717, 1.165) is 12.8 Å². The van der Waals surface area contributed by atoms with Crippen molar-refractivity contribution in [3.8, 4) is 0 Å². The number of likely N-dealkylation sites (tertiary alicyclic amines) is 1. The Hall–Kier alpha value is -0.290. The zero-order chi connectivity index (χ0) is 13.3. The molecule has 0 saturated carbocycles. The van der Waals surface area contributed by atoms with Crippen LogP contribution in [0.1, 0.15) is 40.0 Å². The van der Waals surface area contributed by atoms with E-state index in [4.69, 9.17) is 5.73 Å². The van der Waals surface area contributed by atoms with Gasteiger partial charge in [-0.3, -0.25) is 4.90 Å². The number of rotatable bonds is 4. The lowest BCUT2D eigenvalue weighted by atomic mass is 9.88. The van der Waals surface area contributed by atoms with Crippen LogP contribution in [0, 0.1) is 5.92 Å². The molecule has 0 aromatic rings. The molecule has 1 rings (SSSR count). The summed E-state index contributed by atoms with van der Waals surface area (Å²) >= 11 is 0. The predicted molar refractivity (Wildman–Crippen MR) is 62.7 cm³/mol. The van der Waals surface area contributed by atoms with Crippen molar-refractivity contribution in [1.82, 2.24) is 4.90 Å². The average Bonchev–Trinajstić information content (AvgIpc) is 2.40. The summed E-state index contributed by atoms with van der Waals surface area (Å²) in [6.07, 6.45) is -2.14. The highest BCUT2D eigenvalue weighted by Gasteiger charge is 2.54. The fourth-order valence-electron chi connectivity index (χ4n) is 2.71. The van der Waals surface area contributed by atoms with Gasteiger partial charge in [-0.15, -0.1) is 0 Å². The number of alkyl halides is 3. The Morgan fingerprint density at radius 2 is 2.00 bits per heavy atom. The second kappa shape index (κ2) is 5.14. The van der Waals surface area contributed by atoms with Gasteiger partial charge in [-0.1, -0.05) is 0 Å². The molecule has 2 unspecified atom stereocenters. The maximum Gasteiger partial charge on any atom is 0.393 e. The molecule has 5 heteroatoms. The molecule has 102 valence electrons. The maximum atomic E-state index is 12.8. The summed E-state index contributed by atoms with van der Waals surface area (Å²) in [5.74, 6) is -1.20. The van der Waals surface area contributed by atoms with Crippen molar-refractivity contribution in [3.05, 3.63) is 0 Å². The molecule has 0 amide bonds. The van der Waals surface area contributed by atoms with Crippen LogP contribution in [-0.2, 0) is 0 Å². The van der Waals surface area contributed by atoms with E-state index >= 15 is 0 Å². The molecule has 0 bridgehead atoms. The van der Waals surface area contributed by atoms with E-state index in [9.17, 15) is 13.2 Å². The highest BCUT2D eigenvalue weighted by atomic mass is 19.4. The van der Waals surface area contributed by atoms with Crippen LogP contribution in [0.4, 0.5) is 13.2 Å². The van der Waals surface area contributed by atoms with Gasteiger partial charge in [0.25, 0.3) is 0 Å². The van der Waals surface area contributed by atoms with Crippen LogP contribution in [0.2, 0.25) is 0 Å². The van der Waals surface area contributed by atoms with Crippen molar-refractivity contribution in [2.24, 2.45) is 11.7 Å². The first-order valence-electron chi connectivity index (χ1n) is 6.23. The molecule has 0 spiro atoms. The highest BCUT2D eigenvalue weighted by Crippen LogP contribution is 2.44. The third-order valence-corrected chi connectivity index (χ3v) is 3.84. The second-order valence-corrected chi connectivity index (χ2v) is 5.64. The van der Waals surface area contributed by atoms with E-state index in [1.54, 1.807) is 13.8 Å². The lowest BCUT2D eigenvalue weighted by Crippen LogP contribution is -2.47. The summed E-state index contributed by atoms with van der Waals surface area (Å²) in [5, 5.41) is 0. The molecule has 2 atom stereocenters. The molecule has 0 radical (unpaired) electrons. The summed E-state index contributed by atoms with van der Waals surface area (Å²) in [7, 11) is 0. The zero-order valence-electron chi connectivity index (χ0n) is 10.8. The van der Waals surface area contributed by atoms with Gasteiger partial charge in [-0.2, -0.15) is 13.2 Å². The first-order valence-corrected chi connectivity index (χ1v) is 6.23. The Kier molecular flexibility index (Phi) is 4.47. The van der Waals surface area contributed by atoms with Crippen LogP contribution in [0.15, 0.2) is 0 Å². The minimum Gasteiger partial charge on any atom is -0.328 e. The first kappa shape index (κ1) is 14.8. The van der Waals surface area contributed by atoms with Gasteiger partial charge in [-0.05, 0) is 53.1 Å². The zero-order valence-corrected chi connectivity index (χ0v) is 10.8. The smallest absolute Gasteiger partial charge is 0.328 e. The quantitative estimate of drug-likeness (QED) is 0.833. The molecular weight excluding hydrogens is 229 g/mol. The summed E-state index contributed by atoms with van der Waals surface area (Å²) in [4.78, 5) is 1.95. The van der Waals surface area contributed by atoms with Crippen LogP contribution in [0.25, 0.3) is 0 Å². The Morgan fingerprint density at radius 3 is 2.41 bits per heavy atom. The van der Waals surface area contributed by atoms with E-state index in [2.05, 4.69) is 0 Å². The normalized spacial score (nSPS) is 27.4. The minimum atomic E-state index is -4.08. The van der Waals surface area contributed by atoms with Crippen LogP contribution in [-0.4, -0.2) is 35.7 Å². The third-order valence-electron chi connectivity index (χ3n) is 3.84. The summed E-state index contributed by atoms with van der Waals surface area (Å²) in [5.41, 5.74) is 4.86. The van der Waals surface area contributed by atoms with Gasteiger partial charge < -0.3 is 5.73 Å². The molecular formula is C12H23F3N2. The topological polar surface area (TPSA) is 29.3 Å². The monoisotopic (exact) mass is 252 g/mol. The van der Waals surface area contributed by atoms with Gasteiger partial charge in [0.15, 0.2) is 0 Å². The Bertz CT molecular complexity index is 249. The van der Waals surface area contributed by atoms with E-state index in [0.29, 0.717) is 13.1 Å². The number of halogens is 3. The maximum absolute atomic E-state index is 12.8. The second-order valence-electron chi connectivity index (χ2n) is 5.64. The van der Waals surface area contributed by atoms with Crippen molar-refractivity contribution < 1.29 is 13.2 Å².